The number of carboxylic acid groups (broad SMARTS) is 1. The molecule has 0 saturated heterocycles. The zero-order valence-electron chi connectivity index (χ0n) is 10.1. The summed E-state index contributed by atoms with van der Waals surface area (Å²) in [6.45, 7) is 0.400. The van der Waals surface area contributed by atoms with Crippen molar-refractivity contribution in [2.45, 2.75) is 12.6 Å². The summed E-state index contributed by atoms with van der Waals surface area (Å²) in [5.74, 6) is -1.39. The van der Waals surface area contributed by atoms with Gasteiger partial charge in [-0.05, 0) is 35.4 Å². The number of carboxylic acids is 1. The van der Waals surface area contributed by atoms with Gasteiger partial charge in [0.15, 0.2) is 0 Å². The minimum absolute atomic E-state index is 0.387. The van der Waals surface area contributed by atoms with Gasteiger partial charge in [0.1, 0.15) is 11.9 Å². The molecule has 1 aromatic heterocycles. The van der Waals surface area contributed by atoms with Gasteiger partial charge in [-0.3, -0.25) is 15.1 Å². The fourth-order valence-electron chi connectivity index (χ4n) is 1.72. The van der Waals surface area contributed by atoms with Gasteiger partial charge in [0.05, 0.1) is 0 Å². The maximum absolute atomic E-state index is 12.8. The van der Waals surface area contributed by atoms with E-state index in [4.69, 9.17) is 0 Å². The van der Waals surface area contributed by atoms with E-state index >= 15 is 0 Å². The highest BCUT2D eigenvalue weighted by Gasteiger charge is 2.18. The van der Waals surface area contributed by atoms with Crippen LogP contribution in [0.3, 0.4) is 0 Å². The molecule has 4 nitrogen and oxygen atoms in total. The third-order valence-corrected chi connectivity index (χ3v) is 2.71. The SMILES string of the molecule is O=C(O)C(NCc1ccncc1)c1ccc(F)cc1. The Morgan fingerprint density at radius 2 is 1.84 bits per heavy atom. The van der Waals surface area contributed by atoms with Crippen molar-refractivity contribution in [2.75, 3.05) is 0 Å². The quantitative estimate of drug-likeness (QED) is 0.864. The number of carbonyl (C=O) groups is 1. The number of halogens is 1. The second-order valence-electron chi connectivity index (χ2n) is 4.06. The smallest absolute Gasteiger partial charge is 0.325 e. The van der Waals surface area contributed by atoms with Crippen LogP contribution >= 0.6 is 0 Å². The summed E-state index contributed by atoms with van der Waals surface area (Å²) in [7, 11) is 0. The lowest BCUT2D eigenvalue weighted by molar-refractivity contribution is -0.139. The van der Waals surface area contributed by atoms with Gasteiger partial charge in [0, 0.05) is 18.9 Å². The van der Waals surface area contributed by atoms with E-state index in [2.05, 4.69) is 10.3 Å². The topological polar surface area (TPSA) is 62.2 Å². The van der Waals surface area contributed by atoms with Crippen LogP contribution in [0.2, 0.25) is 0 Å². The Hall–Kier alpha value is -2.27. The number of aliphatic carboxylic acids is 1. The molecule has 2 aromatic rings. The first-order chi connectivity index (χ1) is 9.16. The van der Waals surface area contributed by atoms with E-state index in [1.807, 2.05) is 0 Å². The summed E-state index contributed by atoms with van der Waals surface area (Å²) in [4.78, 5) is 15.1. The van der Waals surface area contributed by atoms with Crippen LogP contribution in [0.4, 0.5) is 4.39 Å². The highest BCUT2D eigenvalue weighted by molar-refractivity contribution is 5.75. The van der Waals surface area contributed by atoms with Gasteiger partial charge in [-0.1, -0.05) is 12.1 Å². The Labute approximate surface area is 109 Å². The molecule has 1 heterocycles. The van der Waals surface area contributed by atoms with E-state index in [0.717, 1.165) is 5.56 Å². The average molecular weight is 260 g/mol. The van der Waals surface area contributed by atoms with Gasteiger partial charge in [0.25, 0.3) is 0 Å². The van der Waals surface area contributed by atoms with Crippen LogP contribution in [0.5, 0.6) is 0 Å². The van der Waals surface area contributed by atoms with Crippen molar-refractivity contribution in [3.63, 3.8) is 0 Å². The Balaban J connectivity index is 2.09. The molecule has 1 unspecified atom stereocenters. The van der Waals surface area contributed by atoms with Crippen LogP contribution in [0.1, 0.15) is 17.2 Å². The van der Waals surface area contributed by atoms with Gasteiger partial charge in [0.2, 0.25) is 0 Å². The van der Waals surface area contributed by atoms with Crippen molar-refractivity contribution in [1.29, 1.82) is 0 Å². The molecule has 0 aliphatic rings. The number of benzene rings is 1. The highest BCUT2D eigenvalue weighted by atomic mass is 19.1. The number of aromatic nitrogens is 1. The molecule has 5 heteroatoms. The largest absolute Gasteiger partial charge is 0.480 e. The van der Waals surface area contributed by atoms with Crippen molar-refractivity contribution >= 4 is 5.97 Å². The molecule has 0 fully saturated rings. The third kappa shape index (κ3) is 3.59. The molecule has 0 aliphatic heterocycles. The first kappa shape index (κ1) is 13.2. The summed E-state index contributed by atoms with van der Waals surface area (Å²) in [6, 6.07) is 8.17. The summed E-state index contributed by atoms with van der Waals surface area (Å²) < 4.78 is 12.8. The molecule has 19 heavy (non-hydrogen) atoms. The first-order valence-electron chi connectivity index (χ1n) is 5.77. The van der Waals surface area contributed by atoms with Crippen LogP contribution in [-0.4, -0.2) is 16.1 Å². The van der Waals surface area contributed by atoms with E-state index in [1.165, 1.54) is 24.3 Å². The minimum Gasteiger partial charge on any atom is -0.480 e. The van der Waals surface area contributed by atoms with E-state index in [9.17, 15) is 14.3 Å². The van der Waals surface area contributed by atoms with Crippen LogP contribution in [0, 0.1) is 5.82 Å². The molecular formula is C14H13FN2O2. The highest BCUT2D eigenvalue weighted by Crippen LogP contribution is 2.14. The fourth-order valence-corrected chi connectivity index (χ4v) is 1.72. The summed E-state index contributed by atoms with van der Waals surface area (Å²) in [6.07, 6.45) is 3.29. The summed E-state index contributed by atoms with van der Waals surface area (Å²) >= 11 is 0. The molecule has 2 N–H and O–H groups in total. The van der Waals surface area contributed by atoms with Crippen LogP contribution < -0.4 is 5.32 Å². The van der Waals surface area contributed by atoms with Crippen molar-refractivity contribution in [3.05, 3.63) is 65.7 Å². The fraction of sp³-hybridized carbons (Fsp3) is 0.143. The van der Waals surface area contributed by atoms with E-state index in [1.54, 1.807) is 24.5 Å². The Morgan fingerprint density at radius 1 is 1.21 bits per heavy atom. The number of rotatable bonds is 5. The minimum atomic E-state index is -0.999. The zero-order chi connectivity index (χ0) is 13.7. The average Bonchev–Trinajstić information content (AvgIpc) is 2.42. The molecule has 1 aromatic carbocycles. The van der Waals surface area contributed by atoms with Crippen LogP contribution in [-0.2, 0) is 11.3 Å². The lowest BCUT2D eigenvalue weighted by atomic mass is 10.1. The molecule has 0 bridgehead atoms. The predicted octanol–water partition coefficient (Wildman–Crippen LogP) is 2.14. The van der Waals surface area contributed by atoms with Gasteiger partial charge in [-0.2, -0.15) is 0 Å². The number of pyridine rings is 1. The number of hydrogen-bond donors (Lipinski definition) is 2. The molecule has 0 saturated carbocycles. The number of hydrogen-bond acceptors (Lipinski definition) is 3. The number of nitrogens with one attached hydrogen (secondary N) is 1. The molecule has 0 radical (unpaired) electrons. The standard InChI is InChI=1S/C14H13FN2O2/c15-12-3-1-11(2-4-12)13(14(18)19)17-9-10-5-7-16-8-6-10/h1-8,13,17H,9H2,(H,18,19). The number of nitrogens with zero attached hydrogens (tertiary/aromatic N) is 1. The van der Waals surface area contributed by atoms with Crippen molar-refractivity contribution in [3.8, 4) is 0 Å². The van der Waals surface area contributed by atoms with Crippen LogP contribution in [0.25, 0.3) is 0 Å². The Bertz CT molecular complexity index is 543. The zero-order valence-corrected chi connectivity index (χ0v) is 10.1. The maximum atomic E-state index is 12.8. The predicted molar refractivity (Wildman–Crippen MR) is 67.9 cm³/mol. The Kier molecular flexibility index (Phi) is 4.20. The van der Waals surface area contributed by atoms with Gasteiger partial charge < -0.3 is 5.11 Å². The monoisotopic (exact) mass is 260 g/mol. The van der Waals surface area contributed by atoms with E-state index in [0.29, 0.717) is 12.1 Å². The molecule has 2 rings (SSSR count). The lowest BCUT2D eigenvalue weighted by Crippen LogP contribution is -2.28. The molecular weight excluding hydrogens is 247 g/mol. The summed E-state index contributed by atoms with van der Waals surface area (Å²) in [5.41, 5.74) is 1.45. The molecule has 0 amide bonds. The molecule has 0 spiro atoms. The maximum Gasteiger partial charge on any atom is 0.325 e. The molecule has 0 aliphatic carbocycles. The normalized spacial score (nSPS) is 12.1. The van der Waals surface area contributed by atoms with Gasteiger partial charge in [-0.25, -0.2) is 4.39 Å². The van der Waals surface area contributed by atoms with Gasteiger partial charge in [-0.15, -0.1) is 0 Å². The Morgan fingerprint density at radius 3 is 2.42 bits per heavy atom. The first-order valence-corrected chi connectivity index (χ1v) is 5.77. The second-order valence-corrected chi connectivity index (χ2v) is 4.06. The van der Waals surface area contributed by atoms with Crippen molar-refractivity contribution in [2.24, 2.45) is 0 Å². The lowest BCUT2D eigenvalue weighted by Gasteiger charge is -2.14. The third-order valence-electron chi connectivity index (χ3n) is 2.71. The van der Waals surface area contributed by atoms with Crippen molar-refractivity contribution in [1.82, 2.24) is 10.3 Å². The van der Waals surface area contributed by atoms with Crippen LogP contribution in [0.15, 0.2) is 48.8 Å². The molecule has 1 atom stereocenters. The van der Waals surface area contributed by atoms with Gasteiger partial charge >= 0.3 is 5.97 Å². The second kappa shape index (κ2) is 6.06. The summed E-state index contributed by atoms with van der Waals surface area (Å²) in [5, 5.41) is 12.1. The van der Waals surface area contributed by atoms with E-state index in [-0.39, 0.29) is 5.82 Å². The van der Waals surface area contributed by atoms with Crippen molar-refractivity contribution < 1.29 is 14.3 Å². The van der Waals surface area contributed by atoms with E-state index < -0.39 is 12.0 Å². The molecule has 98 valence electrons.